The average Bonchev–Trinajstić information content (AvgIpc) is 2.31. The SMILES string of the molecule is N#CC(=NNc1ccc(Cl)cc1)C(=O)ON. The zero-order valence-electron chi connectivity index (χ0n) is 7.98. The van der Waals surface area contributed by atoms with Crippen LogP contribution in [0.3, 0.4) is 0 Å². The van der Waals surface area contributed by atoms with Gasteiger partial charge in [-0.1, -0.05) is 11.6 Å². The highest BCUT2D eigenvalue weighted by molar-refractivity contribution is 6.43. The summed E-state index contributed by atoms with van der Waals surface area (Å²) in [6, 6.07) is 8.07. The van der Waals surface area contributed by atoms with E-state index in [0.29, 0.717) is 10.7 Å². The van der Waals surface area contributed by atoms with Crippen molar-refractivity contribution < 1.29 is 9.63 Å². The van der Waals surface area contributed by atoms with Crippen LogP contribution in [-0.4, -0.2) is 11.7 Å². The van der Waals surface area contributed by atoms with Gasteiger partial charge in [-0.15, -0.1) is 0 Å². The van der Waals surface area contributed by atoms with Gasteiger partial charge in [0.1, 0.15) is 6.07 Å². The van der Waals surface area contributed by atoms with Gasteiger partial charge in [0.2, 0.25) is 5.71 Å². The van der Waals surface area contributed by atoms with Gasteiger partial charge in [0, 0.05) is 5.02 Å². The van der Waals surface area contributed by atoms with Gasteiger partial charge in [-0.25, -0.2) is 4.79 Å². The first-order chi connectivity index (χ1) is 7.67. The van der Waals surface area contributed by atoms with Crippen LogP contribution in [0.4, 0.5) is 5.69 Å². The quantitative estimate of drug-likeness (QED) is 0.605. The van der Waals surface area contributed by atoms with Gasteiger partial charge < -0.3 is 4.84 Å². The summed E-state index contributed by atoms with van der Waals surface area (Å²) < 4.78 is 0. The van der Waals surface area contributed by atoms with Gasteiger partial charge in [-0.3, -0.25) is 5.43 Å². The molecule has 3 N–H and O–H groups in total. The van der Waals surface area contributed by atoms with Crippen molar-refractivity contribution in [3.8, 4) is 6.07 Å². The molecular formula is C9H7ClN4O2. The number of anilines is 1. The summed E-state index contributed by atoms with van der Waals surface area (Å²) >= 11 is 5.67. The Kier molecular flexibility index (Phi) is 4.27. The molecule has 0 fully saturated rings. The molecule has 0 bridgehead atoms. The molecule has 0 saturated heterocycles. The van der Waals surface area contributed by atoms with E-state index in [4.69, 9.17) is 16.9 Å². The van der Waals surface area contributed by atoms with Crippen LogP contribution in [0.1, 0.15) is 0 Å². The van der Waals surface area contributed by atoms with E-state index in [9.17, 15) is 4.79 Å². The molecule has 0 aliphatic carbocycles. The van der Waals surface area contributed by atoms with Gasteiger partial charge in [0.25, 0.3) is 0 Å². The van der Waals surface area contributed by atoms with E-state index in [1.54, 1.807) is 30.3 Å². The second-order valence-electron chi connectivity index (χ2n) is 2.60. The molecule has 82 valence electrons. The van der Waals surface area contributed by atoms with Crippen LogP contribution in [0.25, 0.3) is 0 Å². The summed E-state index contributed by atoms with van der Waals surface area (Å²) in [6.45, 7) is 0. The Hall–Kier alpha value is -2.10. The van der Waals surface area contributed by atoms with Crippen LogP contribution in [0.5, 0.6) is 0 Å². The molecule has 0 spiro atoms. The van der Waals surface area contributed by atoms with E-state index in [0.717, 1.165) is 0 Å². The van der Waals surface area contributed by atoms with Crippen molar-refractivity contribution in [2.24, 2.45) is 11.0 Å². The lowest BCUT2D eigenvalue weighted by Gasteiger charge is -2.00. The van der Waals surface area contributed by atoms with Crippen LogP contribution < -0.4 is 11.3 Å². The maximum atomic E-state index is 10.9. The van der Waals surface area contributed by atoms with E-state index in [1.807, 2.05) is 0 Å². The molecular weight excluding hydrogens is 232 g/mol. The van der Waals surface area contributed by atoms with E-state index in [1.165, 1.54) is 0 Å². The zero-order valence-corrected chi connectivity index (χ0v) is 8.73. The number of rotatable bonds is 3. The first-order valence-electron chi connectivity index (χ1n) is 4.08. The molecule has 16 heavy (non-hydrogen) atoms. The lowest BCUT2D eigenvalue weighted by Crippen LogP contribution is -2.20. The molecule has 0 unspecified atom stereocenters. The Morgan fingerprint density at radius 3 is 2.62 bits per heavy atom. The Bertz CT molecular complexity index is 450. The normalized spacial score (nSPS) is 10.4. The molecule has 0 aliphatic heterocycles. The number of carbonyl (C=O) groups is 1. The molecule has 1 rings (SSSR count). The number of hydrogen-bond donors (Lipinski definition) is 2. The Labute approximate surface area is 96.2 Å². The van der Waals surface area contributed by atoms with Gasteiger partial charge in [-0.2, -0.15) is 16.3 Å². The van der Waals surface area contributed by atoms with Gasteiger partial charge >= 0.3 is 5.97 Å². The molecule has 0 amide bonds. The second kappa shape index (κ2) is 5.70. The van der Waals surface area contributed by atoms with Crippen molar-refractivity contribution in [3.63, 3.8) is 0 Å². The van der Waals surface area contributed by atoms with Gasteiger partial charge in [-0.05, 0) is 24.3 Å². The third-order valence-electron chi connectivity index (χ3n) is 1.55. The third-order valence-corrected chi connectivity index (χ3v) is 1.80. The molecule has 1 aromatic carbocycles. The van der Waals surface area contributed by atoms with Crippen LogP contribution in [0.2, 0.25) is 5.02 Å². The number of benzene rings is 1. The maximum absolute atomic E-state index is 10.9. The van der Waals surface area contributed by atoms with Crippen LogP contribution in [0, 0.1) is 11.3 Å². The number of nitrogens with zero attached hydrogens (tertiary/aromatic N) is 2. The maximum Gasteiger partial charge on any atom is 0.388 e. The fraction of sp³-hybridized carbons (Fsp3) is 0. The Balaban J connectivity index is 2.75. The molecule has 6 nitrogen and oxygen atoms in total. The fourth-order valence-corrected chi connectivity index (χ4v) is 0.943. The predicted octanol–water partition coefficient (Wildman–Crippen LogP) is 1.05. The van der Waals surface area contributed by atoms with Crippen molar-refractivity contribution >= 4 is 29.0 Å². The first-order valence-corrected chi connectivity index (χ1v) is 4.45. The van der Waals surface area contributed by atoms with Crippen molar-refractivity contribution in [1.82, 2.24) is 0 Å². The molecule has 0 heterocycles. The molecule has 0 atom stereocenters. The highest BCUT2D eigenvalue weighted by Gasteiger charge is 2.11. The van der Waals surface area contributed by atoms with Crippen LogP contribution in [-0.2, 0) is 9.63 Å². The number of hydrazone groups is 1. The number of nitrogens with two attached hydrogens (primary N) is 1. The number of halogens is 1. The number of nitriles is 1. The molecule has 7 heteroatoms. The molecule has 0 aromatic heterocycles. The summed E-state index contributed by atoms with van der Waals surface area (Å²) in [5.41, 5.74) is 2.59. The molecule has 1 aromatic rings. The van der Waals surface area contributed by atoms with E-state index >= 15 is 0 Å². The highest BCUT2D eigenvalue weighted by Crippen LogP contribution is 2.13. The minimum atomic E-state index is -1.01. The van der Waals surface area contributed by atoms with Crippen molar-refractivity contribution in [3.05, 3.63) is 29.3 Å². The highest BCUT2D eigenvalue weighted by atomic mass is 35.5. The van der Waals surface area contributed by atoms with E-state index < -0.39 is 11.7 Å². The van der Waals surface area contributed by atoms with Crippen molar-refractivity contribution in [2.75, 3.05) is 5.43 Å². The Morgan fingerprint density at radius 1 is 1.50 bits per heavy atom. The summed E-state index contributed by atoms with van der Waals surface area (Å²) in [6.07, 6.45) is 0. The smallest absolute Gasteiger partial charge is 0.368 e. The van der Waals surface area contributed by atoms with E-state index in [-0.39, 0.29) is 0 Å². The summed E-state index contributed by atoms with van der Waals surface area (Å²) in [5, 5.41) is 12.6. The predicted molar refractivity (Wildman–Crippen MR) is 58.4 cm³/mol. The topological polar surface area (TPSA) is 100 Å². The minimum absolute atomic E-state index is 0.475. The van der Waals surface area contributed by atoms with E-state index in [2.05, 4.69) is 21.3 Å². The zero-order chi connectivity index (χ0) is 12.0. The Morgan fingerprint density at radius 2 is 2.12 bits per heavy atom. The minimum Gasteiger partial charge on any atom is -0.368 e. The molecule has 0 aliphatic rings. The van der Waals surface area contributed by atoms with Crippen LogP contribution >= 0.6 is 11.6 Å². The number of carbonyl (C=O) groups excluding carboxylic acids is 1. The number of hydrogen-bond acceptors (Lipinski definition) is 6. The van der Waals surface area contributed by atoms with Gasteiger partial charge in [0.05, 0.1) is 5.69 Å². The van der Waals surface area contributed by atoms with Gasteiger partial charge in [0.15, 0.2) is 0 Å². The van der Waals surface area contributed by atoms with Crippen molar-refractivity contribution in [2.45, 2.75) is 0 Å². The molecule has 0 radical (unpaired) electrons. The largest absolute Gasteiger partial charge is 0.388 e. The second-order valence-corrected chi connectivity index (χ2v) is 3.03. The summed E-state index contributed by atoms with van der Waals surface area (Å²) in [4.78, 5) is 14.7. The lowest BCUT2D eigenvalue weighted by molar-refractivity contribution is -0.135. The average molecular weight is 239 g/mol. The standard InChI is InChI=1S/C9H7ClN4O2/c10-6-1-3-7(4-2-6)13-14-8(5-11)9(15)16-12/h1-4,13H,12H2. The number of nitrogens with one attached hydrogen (secondary N) is 1. The molecule has 0 saturated carbocycles. The first kappa shape index (κ1) is 12.0. The fourth-order valence-electron chi connectivity index (χ4n) is 0.817. The summed E-state index contributed by atoms with van der Waals surface area (Å²) in [5.74, 6) is 3.60. The van der Waals surface area contributed by atoms with Crippen LogP contribution in [0.15, 0.2) is 29.4 Å². The third kappa shape index (κ3) is 3.24. The monoisotopic (exact) mass is 238 g/mol. The lowest BCUT2D eigenvalue weighted by atomic mass is 10.3. The summed E-state index contributed by atoms with van der Waals surface area (Å²) in [7, 11) is 0. The van der Waals surface area contributed by atoms with Crippen molar-refractivity contribution in [1.29, 1.82) is 5.26 Å².